The van der Waals surface area contributed by atoms with Gasteiger partial charge in [-0.3, -0.25) is 0 Å². The summed E-state index contributed by atoms with van der Waals surface area (Å²) in [5, 5.41) is 3.41. The zero-order chi connectivity index (χ0) is 13.1. The molecule has 1 aromatic carbocycles. The number of hydrogen-bond donors (Lipinski definition) is 1. The van der Waals surface area contributed by atoms with E-state index in [4.69, 9.17) is 14.2 Å². The van der Waals surface area contributed by atoms with E-state index in [2.05, 4.69) is 12.2 Å². The number of ether oxygens (including phenoxy) is 3. The fourth-order valence-electron chi connectivity index (χ4n) is 2.21. The molecule has 1 N–H and O–H groups in total. The summed E-state index contributed by atoms with van der Waals surface area (Å²) in [7, 11) is 3.37. The molecule has 1 heterocycles. The van der Waals surface area contributed by atoms with Crippen molar-refractivity contribution in [1.29, 1.82) is 0 Å². The van der Waals surface area contributed by atoms with E-state index in [0.717, 1.165) is 29.2 Å². The number of morpholine rings is 1. The highest BCUT2D eigenvalue weighted by molar-refractivity contribution is 5.47. The number of nitrogens with one attached hydrogen (secondary N) is 1. The molecule has 0 spiro atoms. The second kappa shape index (κ2) is 5.59. The highest BCUT2D eigenvalue weighted by atomic mass is 16.5. The molecule has 4 nitrogen and oxygen atoms in total. The van der Waals surface area contributed by atoms with Gasteiger partial charge in [-0.25, -0.2) is 0 Å². The zero-order valence-corrected chi connectivity index (χ0v) is 11.4. The fourth-order valence-corrected chi connectivity index (χ4v) is 2.21. The highest BCUT2D eigenvalue weighted by Gasteiger charge is 2.23. The first kappa shape index (κ1) is 13.2. The van der Waals surface area contributed by atoms with Crippen molar-refractivity contribution in [3.8, 4) is 11.5 Å². The van der Waals surface area contributed by atoms with Crippen LogP contribution in [0.1, 0.15) is 24.2 Å². The van der Waals surface area contributed by atoms with E-state index >= 15 is 0 Å². The molecule has 1 saturated heterocycles. The molecule has 100 valence electrons. The molecule has 0 amide bonds. The van der Waals surface area contributed by atoms with Crippen molar-refractivity contribution in [2.45, 2.75) is 26.0 Å². The number of benzene rings is 1. The van der Waals surface area contributed by atoms with Gasteiger partial charge in [-0.15, -0.1) is 0 Å². The lowest BCUT2D eigenvalue weighted by atomic mass is 10.0. The number of hydrogen-bond acceptors (Lipinski definition) is 4. The van der Waals surface area contributed by atoms with E-state index in [1.165, 1.54) is 0 Å². The number of aryl methyl sites for hydroxylation is 1. The minimum Gasteiger partial charge on any atom is -0.496 e. The molecule has 18 heavy (non-hydrogen) atoms. The topological polar surface area (TPSA) is 39.7 Å². The van der Waals surface area contributed by atoms with Crippen molar-refractivity contribution in [2.75, 3.05) is 27.4 Å². The summed E-state index contributed by atoms with van der Waals surface area (Å²) in [5.41, 5.74) is 2.11. The van der Waals surface area contributed by atoms with Crippen LogP contribution in [0.4, 0.5) is 0 Å². The lowest BCUT2D eigenvalue weighted by Gasteiger charge is -2.29. The van der Waals surface area contributed by atoms with Crippen LogP contribution in [0.3, 0.4) is 0 Å². The summed E-state index contributed by atoms with van der Waals surface area (Å²) < 4.78 is 16.7. The van der Waals surface area contributed by atoms with Crippen LogP contribution in [0.2, 0.25) is 0 Å². The monoisotopic (exact) mass is 251 g/mol. The fraction of sp³-hybridized carbons (Fsp3) is 0.571. The van der Waals surface area contributed by atoms with Crippen molar-refractivity contribution in [3.63, 3.8) is 0 Å². The molecule has 0 aromatic heterocycles. The van der Waals surface area contributed by atoms with E-state index < -0.39 is 0 Å². The third kappa shape index (κ3) is 2.60. The third-order valence-electron chi connectivity index (χ3n) is 3.29. The molecule has 4 heteroatoms. The SMILES string of the molecule is COc1cc(C2CNC(C)CO2)c(OC)cc1C. The minimum atomic E-state index is 0.0191. The first-order chi connectivity index (χ1) is 8.65. The van der Waals surface area contributed by atoms with Gasteiger partial charge in [0.1, 0.15) is 11.5 Å². The summed E-state index contributed by atoms with van der Waals surface area (Å²) in [6.45, 7) is 5.63. The quantitative estimate of drug-likeness (QED) is 0.892. The Labute approximate surface area is 108 Å². The smallest absolute Gasteiger partial charge is 0.125 e. The molecule has 0 radical (unpaired) electrons. The van der Waals surface area contributed by atoms with Crippen LogP contribution in [0, 0.1) is 6.92 Å². The predicted molar refractivity (Wildman–Crippen MR) is 70.4 cm³/mol. The van der Waals surface area contributed by atoms with Crippen LogP contribution in [-0.4, -0.2) is 33.4 Å². The molecule has 0 bridgehead atoms. The molecule has 2 atom stereocenters. The first-order valence-electron chi connectivity index (χ1n) is 6.23. The Morgan fingerprint density at radius 1 is 1.22 bits per heavy atom. The summed E-state index contributed by atoms with van der Waals surface area (Å²) in [4.78, 5) is 0. The number of methoxy groups -OCH3 is 2. The molecule has 1 aliphatic heterocycles. The maximum Gasteiger partial charge on any atom is 0.125 e. The first-order valence-corrected chi connectivity index (χ1v) is 6.23. The number of rotatable bonds is 3. The van der Waals surface area contributed by atoms with Gasteiger partial charge < -0.3 is 19.5 Å². The van der Waals surface area contributed by atoms with Crippen LogP contribution in [0.5, 0.6) is 11.5 Å². The Bertz CT molecular complexity index is 412. The van der Waals surface area contributed by atoms with Crippen LogP contribution in [-0.2, 0) is 4.74 Å². The second-order valence-electron chi connectivity index (χ2n) is 4.70. The predicted octanol–water partition coefficient (Wildman–Crippen LogP) is 2.06. The van der Waals surface area contributed by atoms with Gasteiger partial charge >= 0.3 is 0 Å². The molecular formula is C14H21NO3. The average Bonchev–Trinajstić information content (AvgIpc) is 2.39. The van der Waals surface area contributed by atoms with E-state index in [-0.39, 0.29) is 6.10 Å². The molecule has 1 aromatic rings. The van der Waals surface area contributed by atoms with E-state index in [0.29, 0.717) is 12.6 Å². The maximum absolute atomic E-state index is 5.86. The molecular weight excluding hydrogens is 230 g/mol. The Morgan fingerprint density at radius 3 is 2.50 bits per heavy atom. The van der Waals surface area contributed by atoms with Crippen molar-refractivity contribution in [3.05, 3.63) is 23.3 Å². The second-order valence-corrected chi connectivity index (χ2v) is 4.70. The normalized spacial score (nSPS) is 23.8. The Balaban J connectivity index is 2.30. The maximum atomic E-state index is 5.86. The lowest BCUT2D eigenvalue weighted by molar-refractivity contribution is 0.00561. The molecule has 2 unspecified atom stereocenters. The van der Waals surface area contributed by atoms with Gasteiger partial charge in [0.2, 0.25) is 0 Å². The Kier molecular flexibility index (Phi) is 4.09. The van der Waals surface area contributed by atoms with E-state index in [1.54, 1.807) is 14.2 Å². The van der Waals surface area contributed by atoms with Crippen molar-refractivity contribution in [2.24, 2.45) is 0 Å². The lowest BCUT2D eigenvalue weighted by Crippen LogP contribution is -2.40. The van der Waals surface area contributed by atoms with Crippen LogP contribution >= 0.6 is 0 Å². The van der Waals surface area contributed by atoms with Crippen molar-refractivity contribution in [1.82, 2.24) is 5.32 Å². The third-order valence-corrected chi connectivity index (χ3v) is 3.29. The van der Waals surface area contributed by atoms with Gasteiger partial charge in [0.25, 0.3) is 0 Å². The van der Waals surface area contributed by atoms with Crippen molar-refractivity contribution < 1.29 is 14.2 Å². The average molecular weight is 251 g/mol. The van der Waals surface area contributed by atoms with Gasteiger partial charge in [0.15, 0.2) is 0 Å². The van der Waals surface area contributed by atoms with Gasteiger partial charge in [0, 0.05) is 18.2 Å². The Hall–Kier alpha value is -1.26. The van der Waals surface area contributed by atoms with Crippen molar-refractivity contribution >= 4 is 0 Å². The van der Waals surface area contributed by atoms with Crippen LogP contribution < -0.4 is 14.8 Å². The van der Waals surface area contributed by atoms with Gasteiger partial charge in [0.05, 0.1) is 26.9 Å². The van der Waals surface area contributed by atoms with Crippen LogP contribution in [0.25, 0.3) is 0 Å². The molecule has 0 saturated carbocycles. The summed E-state index contributed by atoms with van der Waals surface area (Å²) in [6, 6.07) is 4.41. The molecule has 1 fully saturated rings. The van der Waals surface area contributed by atoms with Crippen LogP contribution in [0.15, 0.2) is 12.1 Å². The molecule has 1 aliphatic rings. The summed E-state index contributed by atoms with van der Waals surface area (Å²) in [6.07, 6.45) is 0.0191. The highest BCUT2D eigenvalue weighted by Crippen LogP contribution is 2.34. The zero-order valence-electron chi connectivity index (χ0n) is 11.4. The largest absolute Gasteiger partial charge is 0.496 e. The van der Waals surface area contributed by atoms with E-state index in [1.807, 2.05) is 19.1 Å². The summed E-state index contributed by atoms with van der Waals surface area (Å²) >= 11 is 0. The minimum absolute atomic E-state index is 0.0191. The van der Waals surface area contributed by atoms with Gasteiger partial charge in [-0.05, 0) is 31.5 Å². The van der Waals surface area contributed by atoms with E-state index in [9.17, 15) is 0 Å². The van der Waals surface area contributed by atoms with Gasteiger partial charge in [-0.1, -0.05) is 0 Å². The van der Waals surface area contributed by atoms with Gasteiger partial charge in [-0.2, -0.15) is 0 Å². The standard InChI is InChI=1S/C14H21NO3/c1-9-5-13(17-4)11(6-12(9)16-3)14-7-15-10(2)8-18-14/h5-6,10,14-15H,7-8H2,1-4H3. The Morgan fingerprint density at radius 2 is 1.94 bits per heavy atom. The molecule has 0 aliphatic carbocycles. The molecule has 2 rings (SSSR count). The summed E-state index contributed by atoms with van der Waals surface area (Å²) in [5.74, 6) is 1.72.